The van der Waals surface area contributed by atoms with Gasteiger partial charge in [-0.25, -0.2) is 15.0 Å². The molecule has 3 aromatic rings. The van der Waals surface area contributed by atoms with E-state index < -0.39 is 23.8 Å². The largest absolute Gasteiger partial charge is 0.462 e. The number of hydrazone groups is 1. The normalized spacial score (nSPS) is 14.3. The number of rotatable bonds is 7. The van der Waals surface area contributed by atoms with Crippen molar-refractivity contribution in [3.63, 3.8) is 0 Å². The fourth-order valence-electron chi connectivity index (χ4n) is 4.12. The Kier molecular flexibility index (Phi) is 9.72. The molecule has 1 aliphatic carbocycles. The van der Waals surface area contributed by atoms with Gasteiger partial charge in [0.2, 0.25) is 0 Å². The van der Waals surface area contributed by atoms with Crippen molar-refractivity contribution in [2.45, 2.75) is 33.1 Å². The van der Waals surface area contributed by atoms with Gasteiger partial charge in [0.05, 0.1) is 29.0 Å². The summed E-state index contributed by atoms with van der Waals surface area (Å²) >= 11 is 10.7. The highest BCUT2D eigenvalue weighted by Gasteiger charge is 2.30. The van der Waals surface area contributed by atoms with E-state index in [0.29, 0.717) is 27.9 Å². The van der Waals surface area contributed by atoms with Crippen molar-refractivity contribution in [2.24, 2.45) is 11.0 Å². The highest BCUT2D eigenvalue weighted by molar-refractivity contribution is 9.10. The van der Waals surface area contributed by atoms with E-state index in [4.69, 9.17) is 21.1 Å². The minimum Gasteiger partial charge on any atom is -0.462 e. The highest BCUT2D eigenvalue weighted by atomic mass is 79.9. The average molecular weight is 647 g/mol. The molecule has 0 saturated carbocycles. The molecule has 0 spiro atoms. The number of carbonyl (C=O) groups is 4. The Labute approximate surface area is 248 Å². The number of hydrogen-bond donors (Lipinski definition) is 2. The summed E-state index contributed by atoms with van der Waals surface area (Å²) in [7, 11) is 0. The molecule has 1 aliphatic rings. The first-order chi connectivity index (χ1) is 19.2. The lowest BCUT2D eigenvalue weighted by molar-refractivity contribution is -0.136. The van der Waals surface area contributed by atoms with E-state index in [9.17, 15) is 19.2 Å². The number of benzene rings is 2. The molecule has 9 nitrogen and oxygen atoms in total. The first kappa shape index (κ1) is 29.4. The van der Waals surface area contributed by atoms with E-state index in [2.05, 4.69) is 38.7 Å². The monoisotopic (exact) mass is 645 g/mol. The third-order valence-corrected chi connectivity index (χ3v) is 8.06. The van der Waals surface area contributed by atoms with Gasteiger partial charge < -0.3 is 14.8 Å². The lowest BCUT2D eigenvalue weighted by Gasteiger charge is -2.18. The standard InChI is InChI=1S/C28H25BrClN3O6S/c1-3-38-28(37)23-19-10-8-15(2)12-22(19)40-26(23)32-24(34)25(35)33-31-14-16-13-17(29)9-11-21(16)39-27(36)18-6-4-5-7-20(18)30/h4-7,9,11,13-15H,3,8,10,12H2,1-2H3,(H,32,34)(H,33,35)/b31-14+. The van der Waals surface area contributed by atoms with Crippen LogP contribution in [0.4, 0.5) is 5.00 Å². The van der Waals surface area contributed by atoms with Crippen LogP contribution in [0.1, 0.15) is 57.0 Å². The smallest absolute Gasteiger partial charge is 0.345 e. The molecule has 208 valence electrons. The number of anilines is 1. The number of ether oxygens (including phenoxy) is 2. The Bertz CT molecular complexity index is 1510. The molecule has 1 unspecified atom stereocenters. The molecule has 1 heterocycles. The number of nitrogens with one attached hydrogen (secondary N) is 2. The van der Waals surface area contributed by atoms with Gasteiger partial charge in [-0.1, -0.05) is 46.6 Å². The fourth-order valence-corrected chi connectivity index (χ4v) is 6.11. The van der Waals surface area contributed by atoms with Gasteiger partial charge in [-0.2, -0.15) is 5.10 Å². The zero-order valence-corrected chi connectivity index (χ0v) is 24.7. The van der Waals surface area contributed by atoms with Crippen molar-refractivity contribution in [3.05, 3.63) is 79.1 Å². The zero-order valence-electron chi connectivity index (χ0n) is 21.6. The summed E-state index contributed by atoms with van der Waals surface area (Å²) in [6.07, 6.45) is 3.64. The van der Waals surface area contributed by atoms with Gasteiger partial charge in [-0.15, -0.1) is 11.3 Å². The summed E-state index contributed by atoms with van der Waals surface area (Å²) in [4.78, 5) is 51.5. The van der Waals surface area contributed by atoms with E-state index in [0.717, 1.165) is 23.3 Å². The molecule has 2 aromatic carbocycles. The molecule has 1 aromatic heterocycles. The summed E-state index contributed by atoms with van der Waals surface area (Å²) in [6.45, 7) is 4.02. The van der Waals surface area contributed by atoms with E-state index in [1.54, 1.807) is 43.3 Å². The van der Waals surface area contributed by atoms with E-state index >= 15 is 0 Å². The number of nitrogens with zero attached hydrogens (tertiary/aromatic N) is 1. The molecule has 0 aliphatic heterocycles. The predicted octanol–water partition coefficient (Wildman–Crippen LogP) is 5.77. The number of hydrogen-bond acceptors (Lipinski definition) is 8. The minimum atomic E-state index is -1.05. The molecule has 40 heavy (non-hydrogen) atoms. The number of fused-ring (bicyclic) bond motifs is 1. The van der Waals surface area contributed by atoms with Gasteiger partial charge in [0, 0.05) is 14.9 Å². The summed E-state index contributed by atoms with van der Waals surface area (Å²) in [5.74, 6) is -2.63. The molecule has 0 fully saturated rings. The first-order valence-electron chi connectivity index (χ1n) is 12.4. The number of thiophene rings is 1. The van der Waals surface area contributed by atoms with Crippen LogP contribution in [0.25, 0.3) is 0 Å². The Hall–Kier alpha value is -3.54. The van der Waals surface area contributed by atoms with Gasteiger partial charge in [-0.3, -0.25) is 9.59 Å². The number of halogens is 2. The minimum absolute atomic E-state index is 0.160. The molecular formula is C28H25BrClN3O6S. The summed E-state index contributed by atoms with van der Waals surface area (Å²) in [5, 5.41) is 6.92. The van der Waals surface area contributed by atoms with Crippen molar-refractivity contribution in [1.82, 2.24) is 5.43 Å². The summed E-state index contributed by atoms with van der Waals surface area (Å²) in [6, 6.07) is 11.3. The molecule has 0 radical (unpaired) electrons. The maximum atomic E-state index is 12.7. The van der Waals surface area contributed by atoms with E-state index in [-0.39, 0.29) is 27.9 Å². The van der Waals surface area contributed by atoms with Crippen LogP contribution < -0.4 is 15.5 Å². The quantitative estimate of drug-likeness (QED) is 0.110. The van der Waals surface area contributed by atoms with Gasteiger partial charge in [0.15, 0.2) is 0 Å². The Morgan fingerprint density at radius 1 is 1.15 bits per heavy atom. The second-order valence-electron chi connectivity index (χ2n) is 8.98. The first-order valence-corrected chi connectivity index (χ1v) is 14.4. The van der Waals surface area contributed by atoms with Crippen LogP contribution in [-0.2, 0) is 27.2 Å². The van der Waals surface area contributed by atoms with Gasteiger partial charge in [0.25, 0.3) is 0 Å². The third kappa shape index (κ3) is 6.96. The lowest BCUT2D eigenvalue weighted by Crippen LogP contribution is -2.32. The molecule has 0 bridgehead atoms. The lowest BCUT2D eigenvalue weighted by atomic mass is 9.88. The molecule has 2 amide bonds. The Balaban J connectivity index is 1.46. The van der Waals surface area contributed by atoms with Crippen molar-refractivity contribution in [1.29, 1.82) is 0 Å². The van der Waals surface area contributed by atoms with Crippen LogP contribution in [0.3, 0.4) is 0 Å². The number of carbonyl (C=O) groups excluding carboxylic acids is 4. The fraction of sp³-hybridized carbons (Fsp3) is 0.250. The predicted molar refractivity (Wildman–Crippen MR) is 156 cm³/mol. The third-order valence-electron chi connectivity index (χ3n) is 6.06. The number of amides is 2. The van der Waals surface area contributed by atoms with Crippen LogP contribution >= 0.6 is 38.9 Å². The second kappa shape index (κ2) is 13.2. The van der Waals surface area contributed by atoms with Gasteiger partial charge in [0.1, 0.15) is 10.8 Å². The zero-order chi connectivity index (χ0) is 28.8. The van der Waals surface area contributed by atoms with Crippen molar-refractivity contribution in [2.75, 3.05) is 11.9 Å². The summed E-state index contributed by atoms with van der Waals surface area (Å²) < 4.78 is 11.4. The van der Waals surface area contributed by atoms with Gasteiger partial charge >= 0.3 is 23.8 Å². The average Bonchev–Trinajstić information content (AvgIpc) is 3.27. The molecule has 1 atom stereocenters. The van der Waals surface area contributed by atoms with E-state index in [1.807, 2.05) is 0 Å². The number of esters is 2. The topological polar surface area (TPSA) is 123 Å². The second-order valence-corrected chi connectivity index (χ2v) is 11.4. The van der Waals surface area contributed by atoms with E-state index in [1.165, 1.54) is 23.6 Å². The Morgan fingerprint density at radius 3 is 2.67 bits per heavy atom. The van der Waals surface area contributed by atoms with Crippen LogP contribution in [0.2, 0.25) is 5.02 Å². The maximum absolute atomic E-state index is 12.7. The SMILES string of the molecule is CCOC(=O)c1c(NC(=O)C(=O)N/N=C/c2cc(Br)ccc2OC(=O)c2ccccc2Cl)sc2c1CCC(C)C2. The molecule has 4 rings (SSSR count). The van der Waals surface area contributed by atoms with Crippen molar-refractivity contribution >= 4 is 73.8 Å². The molecule has 0 saturated heterocycles. The van der Waals surface area contributed by atoms with Gasteiger partial charge in [-0.05, 0) is 68.0 Å². The van der Waals surface area contributed by atoms with Crippen molar-refractivity contribution < 1.29 is 28.7 Å². The van der Waals surface area contributed by atoms with Crippen molar-refractivity contribution in [3.8, 4) is 5.75 Å². The molecule has 12 heteroatoms. The molecular weight excluding hydrogens is 622 g/mol. The van der Waals surface area contributed by atoms with Crippen LogP contribution in [0.15, 0.2) is 52.0 Å². The highest BCUT2D eigenvalue weighted by Crippen LogP contribution is 2.40. The Morgan fingerprint density at radius 2 is 1.93 bits per heavy atom. The summed E-state index contributed by atoms with van der Waals surface area (Å²) in [5.41, 5.74) is 3.87. The van der Waals surface area contributed by atoms with Crippen LogP contribution in [0, 0.1) is 5.92 Å². The van der Waals surface area contributed by atoms with Crippen LogP contribution in [0.5, 0.6) is 5.75 Å². The van der Waals surface area contributed by atoms with Crippen LogP contribution in [-0.4, -0.2) is 36.6 Å². The molecule has 2 N–H and O–H groups in total. The maximum Gasteiger partial charge on any atom is 0.345 e.